The van der Waals surface area contributed by atoms with Gasteiger partial charge in [-0.2, -0.15) is 0 Å². The van der Waals surface area contributed by atoms with E-state index in [9.17, 15) is 4.79 Å². The van der Waals surface area contributed by atoms with Crippen molar-refractivity contribution in [2.45, 2.75) is 57.0 Å². The first-order valence-electron chi connectivity index (χ1n) is 13.2. The molecule has 2 bridgehead atoms. The van der Waals surface area contributed by atoms with E-state index in [2.05, 4.69) is 38.9 Å². The summed E-state index contributed by atoms with van der Waals surface area (Å²) in [5, 5.41) is 1.03. The van der Waals surface area contributed by atoms with E-state index in [0.717, 1.165) is 73.4 Å². The van der Waals surface area contributed by atoms with Gasteiger partial charge in [-0.1, -0.05) is 12.1 Å². The minimum atomic E-state index is -0.385. The molecule has 9 nitrogen and oxygen atoms in total. The number of nitrogens with zero attached hydrogens (tertiary/aromatic N) is 4. The van der Waals surface area contributed by atoms with Gasteiger partial charge in [0.25, 0.3) is 5.91 Å². The monoisotopic (exact) mass is 502 g/mol. The highest BCUT2D eigenvalue weighted by atomic mass is 16.5. The number of hydrazine groups is 1. The number of methoxy groups -OCH3 is 1. The Labute approximate surface area is 217 Å². The molecule has 3 aliphatic heterocycles. The molecule has 1 aromatic carbocycles. The first-order valence-corrected chi connectivity index (χ1v) is 13.2. The van der Waals surface area contributed by atoms with Crippen LogP contribution in [0, 0.1) is 0 Å². The lowest BCUT2D eigenvalue weighted by Crippen LogP contribution is -2.56. The van der Waals surface area contributed by atoms with Crippen LogP contribution in [0.2, 0.25) is 0 Å². The predicted octanol–water partition coefficient (Wildman–Crippen LogP) is 3.17. The van der Waals surface area contributed by atoms with Crippen molar-refractivity contribution in [1.29, 1.82) is 0 Å². The number of hydrogen-bond donors (Lipinski definition) is 2. The second-order valence-electron chi connectivity index (χ2n) is 10.3. The Bertz CT molecular complexity index is 1250. The molecule has 0 aliphatic carbocycles. The molecule has 3 saturated heterocycles. The van der Waals surface area contributed by atoms with Gasteiger partial charge in [0.15, 0.2) is 0 Å². The number of piperazine rings is 1. The Balaban J connectivity index is 1.10. The van der Waals surface area contributed by atoms with Crippen LogP contribution in [-0.4, -0.2) is 70.6 Å². The highest BCUT2D eigenvalue weighted by Gasteiger charge is 2.42. The fraction of sp³-hybridized carbons (Fsp3) is 0.464. The molecule has 9 heteroatoms. The van der Waals surface area contributed by atoms with Crippen LogP contribution < -0.4 is 15.6 Å². The molecule has 3 unspecified atom stereocenters. The molecule has 194 valence electrons. The standard InChI is InChI=1S/C28H34N6O3/c1-18(36-2)28(35)33-16-22-6-7-23(17-33)34(22)15-21-5-3-19-13-24(8-9-25(19)31-21)37-27-10-4-20(14-29-27)26-11-12-30-32-26/h3-5,8-10,13-14,18,22-23,26,30,32H,6-7,11-12,15-17H2,1-2H3/t18-,22?,23?,26?/m1/s1. The summed E-state index contributed by atoms with van der Waals surface area (Å²) in [6, 6.07) is 15.2. The van der Waals surface area contributed by atoms with E-state index in [-0.39, 0.29) is 12.0 Å². The van der Waals surface area contributed by atoms with Gasteiger partial charge in [-0.05, 0) is 56.0 Å². The van der Waals surface area contributed by atoms with Crippen LogP contribution in [-0.2, 0) is 16.1 Å². The van der Waals surface area contributed by atoms with E-state index in [1.165, 1.54) is 0 Å². The average Bonchev–Trinajstić information content (AvgIpc) is 3.54. The van der Waals surface area contributed by atoms with Crippen LogP contribution in [0.3, 0.4) is 0 Å². The zero-order valence-corrected chi connectivity index (χ0v) is 21.4. The van der Waals surface area contributed by atoms with Crippen molar-refractivity contribution < 1.29 is 14.3 Å². The smallest absolute Gasteiger partial charge is 0.251 e. The molecule has 2 N–H and O–H groups in total. The Kier molecular flexibility index (Phi) is 6.77. The van der Waals surface area contributed by atoms with Gasteiger partial charge in [-0.25, -0.2) is 4.98 Å². The second-order valence-corrected chi connectivity index (χ2v) is 10.3. The minimum Gasteiger partial charge on any atom is -0.439 e. The van der Waals surface area contributed by atoms with E-state index in [1.807, 2.05) is 42.3 Å². The number of nitrogens with one attached hydrogen (secondary N) is 2. The fourth-order valence-corrected chi connectivity index (χ4v) is 5.78. The Morgan fingerprint density at radius 2 is 1.95 bits per heavy atom. The highest BCUT2D eigenvalue weighted by molar-refractivity contribution is 5.81. The van der Waals surface area contributed by atoms with Gasteiger partial charge in [0, 0.05) is 69.1 Å². The number of fused-ring (bicyclic) bond motifs is 3. The summed E-state index contributed by atoms with van der Waals surface area (Å²) < 4.78 is 11.3. The molecule has 3 fully saturated rings. The largest absolute Gasteiger partial charge is 0.439 e. The van der Waals surface area contributed by atoms with Crippen molar-refractivity contribution in [3.05, 3.63) is 59.9 Å². The van der Waals surface area contributed by atoms with Crippen molar-refractivity contribution in [2.75, 3.05) is 26.7 Å². The van der Waals surface area contributed by atoms with Gasteiger partial charge < -0.3 is 14.4 Å². The Morgan fingerprint density at radius 1 is 1.11 bits per heavy atom. The van der Waals surface area contributed by atoms with Crippen molar-refractivity contribution in [3.63, 3.8) is 0 Å². The Morgan fingerprint density at radius 3 is 2.65 bits per heavy atom. The molecule has 2 aromatic heterocycles. The Hall–Kier alpha value is -3.11. The number of hydrogen-bond acceptors (Lipinski definition) is 8. The summed E-state index contributed by atoms with van der Waals surface area (Å²) in [5.74, 6) is 1.41. The number of amides is 1. The summed E-state index contributed by atoms with van der Waals surface area (Å²) in [6.45, 7) is 5.11. The van der Waals surface area contributed by atoms with Gasteiger partial charge in [-0.15, -0.1) is 0 Å². The summed E-state index contributed by atoms with van der Waals surface area (Å²) in [6.07, 6.45) is 4.77. The molecule has 4 atom stereocenters. The van der Waals surface area contributed by atoms with Gasteiger partial charge in [0.1, 0.15) is 11.9 Å². The number of pyridine rings is 2. The van der Waals surface area contributed by atoms with Crippen LogP contribution in [0.1, 0.15) is 43.5 Å². The third-order valence-corrected chi connectivity index (χ3v) is 7.93. The maximum atomic E-state index is 12.6. The minimum absolute atomic E-state index is 0.0927. The first-order chi connectivity index (χ1) is 18.1. The third-order valence-electron chi connectivity index (χ3n) is 7.93. The van der Waals surface area contributed by atoms with Crippen LogP contribution in [0.4, 0.5) is 0 Å². The number of ether oxygens (including phenoxy) is 2. The molecule has 37 heavy (non-hydrogen) atoms. The van der Waals surface area contributed by atoms with Crippen molar-refractivity contribution in [3.8, 4) is 11.6 Å². The average molecular weight is 503 g/mol. The van der Waals surface area contributed by atoms with Crippen LogP contribution in [0.5, 0.6) is 11.6 Å². The predicted molar refractivity (Wildman–Crippen MR) is 140 cm³/mol. The molecule has 5 heterocycles. The van der Waals surface area contributed by atoms with Gasteiger partial charge in [-0.3, -0.25) is 25.5 Å². The van der Waals surface area contributed by atoms with Crippen molar-refractivity contribution in [1.82, 2.24) is 30.6 Å². The first kappa shape index (κ1) is 24.2. The lowest BCUT2D eigenvalue weighted by atomic mass is 10.1. The van der Waals surface area contributed by atoms with Crippen molar-refractivity contribution in [2.24, 2.45) is 0 Å². The molecular formula is C28H34N6O3. The second kappa shape index (κ2) is 10.3. The van der Waals surface area contributed by atoms with Crippen LogP contribution in [0.15, 0.2) is 48.7 Å². The third kappa shape index (κ3) is 5.04. The zero-order chi connectivity index (χ0) is 25.4. The highest BCUT2D eigenvalue weighted by Crippen LogP contribution is 2.32. The SMILES string of the molecule is CO[C@H](C)C(=O)N1CC2CCC(C1)N2Cc1ccc2cc(Oc3ccc(C4CCNN4)cn3)ccc2n1. The van der Waals surface area contributed by atoms with Crippen molar-refractivity contribution >= 4 is 16.8 Å². The number of rotatable bonds is 7. The van der Waals surface area contributed by atoms with Crippen LogP contribution >= 0.6 is 0 Å². The van der Waals surface area contributed by atoms with E-state index in [0.29, 0.717) is 24.0 Å². The number of carbonyl (C=O) groups excluding carboxylic acids is 1. The lowest BCUT2D eigenvalue weighted by Gasteiger charge is -2.41. The van der Waals surface area contributed by atoms with Gasteiger partial charge in [0.2, 0.25) is 5.88 Å². The quantitative estimate of drug-likeness (QED) is 0.509. The summed E-state index contributed by atoms with van der Waals surface area (Å²) in [5.41, 5.74) is 9.55. The molecule has 0 radical (unpaired) electrons. The van der Waals surface area contributed by atoms with E-state index in [1.54, 1.807) is 7.11 Å². The number of aromatic nitrogens is 2. The van der Waals surface area contributed by atoms with E-state index < -0.39 is 0 Å². The number of benzene rings is 1. The molecule has 1 amide bonds. The number of carbonyl (C=O) groups is 1. The molecule has 0 spiro atoms. The number of likely N-dealkylation sites (tertiary alicyclic amines) is 1. The summed E-state index contributed by atoms with van der Waals surface area (Å²) in [4.78, 5) is 26.6. The summed E-state index contributed by atoms with van der Waals surface area (Å²) in [7, 11) is 1.59. The zero-order valence-electron chi connectivity index (χ0n) is 21.4. The topological polar surface area (TPSA) is 91.9 Å². The van der Waals surface area contributed by atoms with Gasteiger partial charge in [0.05, 0.1) is 11.2 Å². The van der Waals surface area contributed by atoms with Gasteiger partial charge >= 0.3 is 0 Å². The fourth-order valence-electron chi connectivity index (χ4n) is 5.78. The molecule has 3 aliphatic rings. The molecule has 6 rings (SSSR count). The molecule has 3 aromatic rings. The van der Waals surface area contributed by atoms with E-state index >= 15 is 0 Å². The van der Waals surface area contributed by atoms with Crippen LogP contribution in [0.25, 0.3) is 10.9 Å². The maximum absolute atomic E-state index is 12.6. The maximum Gasteiger partial charge on any atom is 0.251 e. The molecular weight excluding hydrogens is 468 g/mol. The van der Waals surface area contributed by atoms with E-state index in [4.69, 9.17) is 14.5 Å². The molecule has 0 saturated carbocycles. The summed E-state index contributed by atoms with van der Waals surface area (Å²) >= 11 is 0. The normalized spacial score (nSPS) is 24.5. The lowest BCUT2D eigenvalue weighted by molar-refractivity contribution is -0.144.